The van der Waals surface area contributed by atoms with E-state index in [0.29, 0.717) is 38.7 Å². The number of halogens is 1. The second kappa shape index (κ2) is 30.8. The molecule has 0 spiro atoms. The van der Waals surface area contributed by atoms with E-state index in [2.05, 4.69) is 222 Å². The van der Waals surface area contributed by atoms with Crippen molar-refractivity contribution in [1.29, 1.82) is 0 Å². The summed E-state index contributed by atoms with van der Waals surface area (Å²) in [6, 6.07) is 0. The molecule has 5 aliphatic heterocycles. The number of fused-ring (bicyclic) bond motifs is 1. The van der Waals surface area contributed by atoms with Crippen LogP contribution in [0.3, 0.4) is 0 Å². The highest BCUT2D eigenvalue weighted by Gasteiger charge is 2.59. The van der Waals surface area contributed by atoms with E-state index in [1.807, 2.05) is 0 Å². The predicted octanol–water partition coefficient (Wildman–Crippen LogP) is 18.2. The van der Waals surface area contributed by atoms with E-state index in [-0.39, 0.29) is 117 Å². The van der Waals surface area contributed by atoms with Crippen molar-refractivity contribution in [2.24, 2.45) is 11.8 Å². The summed E-state index contributed by atoms with van der Waals surface area (Å²) >= 11 is 2.32. The molecule has 4 unspecified atom stereocenters. The van der Waals surface area contributed by atoms with Crippen LogP contribution < -0.4 is 0 Å². The Balaban J connectivity index is 1.51. The molecule has 5 fully saturated rings. The summed E-state index contributed by atoms with van der Waals surface area (Å²) in [5.41, 5.74) is 2.15. The van der Waals surface area contributed by atoms with E-state index in [0.717, 1.165) is 49.5 Å². The summed E-state index contributed by atoms with van der Waals surface area (Å²) < 4.78 is 81.7. The Morgan fingerprint density at radius 1 is 0.629 bits per heavy atom. The van der Waals surface area contributed by atoms with Gasteiger partial charge in [-0.3, -0.25) is 4.79 Å². The van der Waals surface area contributed by atoms with Crippen LogP contribution in [0, 0.1) is 11.8 Å². The molecule has 19 heteroatoms. The van der Waals surface area contributed by atoms with Crippen molar-refractivity contribution in [3.63, 3.8) is 0 Å². The lowest BCUT2D eigenvalue weighted by Gasteiger charge is -2.56. The lowest BCUT2D eigenvalue weighted by atomic mass is 9.81. The normalized spacial score (nSPS) is 31.8. The summed E-state index contributed by atoms with van der Waals surface area (Å²) in [5.74, 6) is 0.0514. The van der Waals surface area contributed by atoms with Gasteiger partial charge in [0.15, 0.2) is 41.6 Å². The number of carbonyl (C=O) groups excluding carboxylic acids is 2. The van der Waals surface area contributed by atoms with E-state index < -0.39 is 72.1 Å². The molecule has 0 aliphatic carbocycles. The van der Waals surface area contributed by atoms with E-state index in [9.17, 15) is 4.79 Å². The molecule has 5 aliphatic rings. The van der Waals surface area contributed by atoms with Gasteiger partial charge in [0.25, 0.3) is 0 Å². The summed E-state index contributed by atoms with van der Waals surface area (Å²) in [6.07, 6.45) is 5.88. The zero-order valence-electron chi connectivity index (χ0n) is 61.3. The lowest BCUT2D eigenvalue weighted by Crippen LogP contribution is -2.69. The van der Waals surface area contributed by atoms with Crippen LogP contribution in [0.1, 0.15) is 188 Å². The van der Waals surface area contributed by atoms with Crippen molar-refractivity contribution in [2.45, 2.75) is 370 Å². The van der Waals surface area contributed by atoms with Gasteiger partial charge in [0.05, 0.1) is 73.8 Å². The molecule has 89 heavy (non-hydrogen) atoms. The van der Waals surface area contributed by atoms with E-state index >= 15 is 4.79 Å². The van der Waals surface area contributed by atoms with E-state index in [1.165, 1.54) is 0 Å². The number of carbonyl (C=O) groups is 2. The Labute approximate surface area is 562 Å². The monoisotopic (exact) mass is 1450 g/mol. The van der Waals surface area contributed by atoms with Crippen molar-refractivity contribution in [2.75, 3.05) is 13.7 Å². The number of ether oxygens (including phenoxy) is 6. The molecule has 0 aromatic rings. The highest BCUT2D eigenvalue weighted by molar-refractivity contribution is 14.1. The van der Waals surface area contributed by atoms with Gasteiger partial charge in [-0.25, -0.2) is 0 Å². The number of ketones is 1. The Morgan fingerprint density at radius 3 is 1.72 bits per heavy atom. The Hall–Kier alpha value is -0.0656. The zero-order chi connectivity index (χ0) is 67.6. The molecular formula is C70H131IO13Si5. The smallest absolute Gasteiger partial charge is 0.193 e. The van der Waals surface area contributed by atoms with Gasteiger partial charge in [0, 0.05) is 45.1 Å². The second-order valence-corrected chi connectivity index (χ2v) is 59.8. The summed E-state index contributed by atoms with van der Waals surface area (Å²) in [6.45, 7) is 69.2. The maximum Gasteiger partial charge on any atom is 0.193 e. The average molecular weight is 1450 g/mol. The first-order valence-corrected chi connectivity index (χ1v) is 50.0. The maximum absolute atomic E-state index is 15.4. The first-order chi connectivity index (χ1) is 40.5. The maximum atomic E-state index is 15.4. The van der Waals surface area contributed by atoms with Gasteiger partial charge in [-0.15, -0.1) is 0 Å². The highest BCUT2D eigenvalue weighted by Crippen LogP contribution is 2.50. The molecule has 0 aromatic carbocycles. The van der Waals surface area contributed by atoms with Gasteiger partial charge in [-0.2, -0.15) is 0 Å². The predicted molar refractivity (Wildman–Crippen MR) is 386 cm³/mol. The molecule has 0 bridgehead atoms. The van der Waals surface area contributed by atoms with E-state index in [1.54, 1.807) is 7.11 Å². The first kappa shape index (κ1) is 79.6. The third-order valence-electron chi connectivity index (χ3n) is 23.2. The first-order valence-electron chi connectivity index (χ1n) is 34.2. The van der Waals surface area contributed by atoms with Gasteiger partial charge in [-0.1, -0.05) is 147 Å². The van der Waals surface area contributed by atoms with Crippen molar-refractivity contribution < 1.29 is 60.1 Å². The van der Waals surface area contributed by atoms with Gasteiger partial charge in [0.1, 0.15) is 36.5 Å². The van der Waals surface area contributed by atoms with Gasteiger partial charge < -0.3 is 55.3 Å². The third kappa shape index (κ3) is 20.5. The standard InChI is InChI=1S/C70H131IO13Si5/c1-46-39-51(32-34-55-47(2)40-50(76-55)31-30-38-72)77-58(48(46)3)44-59-54(61(74-19)60(79-59)43-53(81-86(22,23)67(7,8)9)45-75-85(20,21)66(4,5)6)42-49(73)41-52-33-35-56-62(78-52)64(83-88(26,27)69(13,14)15)65(84-89(28,29)70(16,17)18)63(80-56)57(36-37-71)82-87(24,25)68(10,11)12/h36-38,46,50-65H,2-3,30-35,39-45H2,1,4-29H3/b37-36+/t46-,50-,51-,52+,53?,54-,55-,56-,57?,58+,59-,60+,61-,62+,63+,64?,65?/m0/s1. The fourth-order valence-electron chi connectivity index (χ4n) is 12.2. The second-order valence-electron chi connectivity index (χ2n) is 35.2. The molecule has 0 N–H and O–H groups in total. The zero-order valence-corrected chi connectivity index (χ0v) is 68.5. The van der Waals surface area contributed by atoms with Crippen molar-refractivity contribution in [3.05, 3.63) is 34.5 Å². The number of rotatable bonds is 28. The number of methoxy groups -OCH3 is 1. The molecule has 5 saturated heterocycles. The average Bonchev–Trinajstić information content (AvgIpc) is 1.32. The minimum atomic E-state index is -2.50. The summed E-state index contributed by atoms with van der Waals surface area (Å²) in [7, 11) is -10.0. The fourth-order valence-corrected chi connectivity index (χ4v) is 18.8. The van der Waals surface area contributed by atoms with Crippen molar-refractivity contribution >= 4 is 76.2 Å². The van der Waals surface area contributed by atoms with Crippen molar-refractivity contribution in [1.82, 2.24) is 0 Å². The van der Waals surface area contributed by atoms with Crippen molar-refractivity contribution in [3.8, 4) is 0 Å². The van der Waals surface area contributed by atoms with Crippen LogP contribution >= 0.6 is 22.6 Å². The van der Waals surface area contributed by atoms with Crippen LogP contribution in [-0.4, -0.2) is 159 Å². The third-order valence-corrected chi connectivity index (χ3v) is 46.1. The highest BCUT2D eigenvalue weighted by atomic mass is 127. The van der Waals surface area contributed by atoms with Crippen LogP contribution in [0.25, 0.3) is 0 Å². The van der Waals surface area contributed by atoms with Crippen LogP contribution in [0.5, 0.6) is 0 Å². The molecule has 0 radical (unpaired) electrons. The number of Topliss-reactive ketones (excluding diaryl/α,β-unsaturated/α-hetero) is 1. The number of hydrogen-bond donors (Lipinski definition) is 0. The van der Waals surface area contributed by atoms with Crippen LogP contribution in [0.2, 0.25) is 90.7 Å². The van der Waals surface area contributed by atoms with Gasteiger partial charge >= 0.3 is 0 Å². The van der Waals surface area contributed by atoms with E-state index in [4.69, 9.17) is 50.6 Å². The molecule has 0 aromatic heterocycles. The Bertz CT molecular complexity index is 2360. The quantitative estimate of drug-likeness (QED) is 0.0318. The van der Waals surface area contributed by atoms with Crippen LogP contribution in [-0.2, 0) is 60.1 Å². The van der Waals surface area contributed by atoms with Gasteiger partial charge in [0.2, 0.25) is 0 Å². The molecule has 5 rings (SSSR count). The minimum absolute atomic E-state index is 0.0158. The minimum Gasteiger partial charge on any atom is -0.414 e. The van der Waals surface area contributed by atoms with Crippen LogP contribution in [0.4, 0.5) is 0 Å². The Morgan fingerprint density at radius 2 is 1.18 bits per heavy atom. The Kier molecular flexibility index (Phi) is 27.5. The largest absolute Gasteiger partial charge is 0.414 e. The SMILES string of the molecule is C=C1C[C@H](CCC=O)O[C@H]1CC[C@H]1C[C@H](C)C(=C)[C@@H](C[C@@H]2O[C@H](CC(CO[Si](C)(C)C(C)(C)C)O[Si](C)(C)C(C)(C)C)[C@@H](OC)[C@H]2CC(=O)C[C@H]2CC[C@@H]3O[C@H](C(/C=C/I)O[Si](C)(C)C(C)(C)C)C(O[Si](C)(C)C(C)(C)C)C(O[Si](C)(C)C(C)(C)C)[C@@H]3O2)O1. The topological polar surface area (TPSA) is 136 Å². The van der Waals surface area contributed by atoms with Gasteiger partial charge in [-0.05, 0) is 163 Å². The molecule has 516 valence electrons. The molecule has 0 saturated carbocycles. The number of aldehydes is 1. The molecule has 13 nitrogen and oxygen atoms in total. The molecular weight excluding hydrogens is 1320 g/mol. The number of hydrogen-bond acceptors (Lipinski definition) is 13. The molecule has 5 heterocycles. The molecule has 0 amide bonds. The summed E-state index contributed by atoms with van der Waals surface area (Å²) in [4.78, 5) is 26.6. The fraction of sp³-hybridized carbons (Fsp3) is 0.886. The lowest BCUT2D eigenvalue weighted by molar-refractivity contribution is -0.266. The van der Waals surface area contributed by atoms with Crippen LogP contribution in [0.15, 0.2) is 34.5 Å². The molecule has 17 atom stereocenters. The summed E-state index contributed by atoms with van der Waals surface area (Å²) in [5, 5.41) is -0.270.